The first-order valence-electron chi connectivity index (χ1n) is 9.01. The van der Waals surface area contributed by atoms with Crippen molar-refractivity contribution in [2.24, 2.45) is 11.8 Å². The van der Waals surface area contributed by atoms with E-state index in [-0.39, 0.29) is 17.9 Å². The first-order chi connectivity index (χ1) is 12.5. The number of anilines is 1. The summed E-state index contributed by atoms with van der Waals surface area (Å²) in [5.41, 5.74) is 0. The van der Waals surface area contributed by atoms with Crippen LogP contribution in [-0.4, -0.2) is 57.5 Å². The number of carbonyl (C=O) groups is 2. The largest absolute Gasteiger partial charge is 0.481 e. The van der Waals surface area contributed by atoms with Gasteiger partial charge in [-0.25, -0.2) is 9.97 Å². The molecular formula is C18H22N4O3S. The van der Waals surface area contributed by atoms with Crippen LogP contribution in [0.15, 0.2) is 17.8 Å². The molecule has 7 nitrogen and oxygen atoms in total. The highest BCUT2D eigenvalue weighted by Gasteiger charge is 2.39. The lowest BCUT2D eigenvalue weighted by atomic mass is 9.90. The number of hydrogen-bond acceptors (Lipinski definition) is 6. The molecule has 0 spiro atoms. The third-order valence-corrected chi connectivity index (χ3v) is 6.19. The van der Waals surface area contributed by atoms with Crippen LogP contribution < -0.4 is 4.90 Å². The Balaban J connectivity index is 1.59. The summed E-state index contributed by atoms with van der Waals surface area (Å²) in [7, 11) is 0. The summed E-state index contributed by atoms with van der Waals surface area (Å²) < 4.78 is 0. The van der Waals surface area contributed by atoms with Gasteiger partial charge in [-0.15, -0.1) is 11.3 Å². The molecule has 138 valence electrons. The Morgan fingerprint density at radius 3 is 2.96 bits per heavy atom. The second kappa shape index (κ2) is 6.83. The second-order valence-corrected chi connectivity index (χ2v) is 8.20. The number of nitrogens with zero attached hydrogens (tertiary/aromatic N) is 4. The fourth-order valence-electron chi connectivity index (χ4n) is 4.20. The predicted molar refractivity (Wildman–Crippen MR) is 99.3 cm³/mol. The zero-order valence-corrected chi connectivity index (χ0v) is 15.5. The van der Waals surface area contributed by atoms with Gasteiger partial charge in [-0.3, -0.25) is 9.59 Å². The van der Waals surface area contributed by atoms with Crippen molar-refractivity contribution in [3.63, 3.8) is 0 Å². The maximum atomic E-state index is 13.2. The lowest BCUT2D eigenvalue weighted by Gasteiger charge is -2.37. The standard InChI is InChI=1S/C18H22N4O3S/c1-11-7-12(18(24)25)9-21(8-11)17(23)14-3-2-5-22(14)15-13-4-6-26-16(13)20-10-19-15/h4,6,10-12,14H,2-3,5,7-9H2,1H3,(H,24,25). The zero-order chi connectivity index (χ0) is 18.3. The van der Waals surface area contributed by atoms with E-state index < -0.39 is 11.9 Å². The molecule has 2 fully saturated rings. The number of thiophene rings is 1. The Bertz CT molecular complexity index is 839. The molecule has 0 saturated carbocycles. The van der Waals surface area contributed by atoms with Crippen LogP contribution in [0.2, 0.25) is 0 Å². The van der Waals surface area contributed by atoms with E-state index in [1.54, 1.807) is 22.6 Å². The van der Waals surface area contributed by atoms with Crippen LogP contribution in [0.3, 0.4) is 0 Å². The monoisotopic (exact) mass is 374 g/mol. The Morgan fingerprint density at radius 1 is 1.31 bits per heavy atom. The van der Waals surface area contributed by atoms with Crippen LogP contribution in [0, 0.1) is 11.8 Å². The van der Waals surface area contributed by atoms with Crippen molar-refractivity contribution < 1.29 is 14.7 Å². The van der Waals surface area contributed by atoms with E-state index in [1.165, 1.54) is 0 Å². The minimum atomic E-state index is -0.812. The van der Waals surface area contributed by atoms with Gasteiger partial charge >= 0.3 is 5.97 Å². The molecule has 2 aliphatic heterocycles. The van der Waals surface area contributed by atoms with Crippen molar-refractivity contribution >= 4 is 39.2 Å². The Hall–Kier alpha value is -2.22. The molecule has 4 rings (SSSR count). The minimum absolute atomic E-state index is 0.0299. The van der Waals surface area contributed by atoms with E-state index in [1.807, 2.05) is 18.4 Å². The van der Waals surface area contributed by atoms with Crippen molar-refractivity contribution in [1.82, 2.24) is 14.9 Å². The summed E-state index contributed by atoms with van der Waals surface area (Å²) in [6, 6.07) is 1.73. The number of likely N-dealkylation sites (tertiary alicyclic amines) is 1. The normalized spacial score (nSPS) is 26.4. The maximum absolute atomic E-state index is 13.2. The van der Waals surface area contributed by atoms with Crippen molar-refractivity contribution in [1.29, 1.82) is 0 Å². The molecule has 0 aliphatic carbocycles. The topological polar surface area (TPSA) is 86.6 Å². The number of aliphatic carboxylic acids is 1. The summed E-state index contributed by atoms with van der Waals surface area (Å²) in [4.78, 5) is 38.1. The molecule has 2 aromatic rings. The first-order valence-corrected chi connectivity index (χ1v) is 9.89. The molecule has 0 bridgehead atoms. The number of amides is 1. The summed E-state index contributed by atoms with van der Waals surface area (Å²) in [5.74, 6) is -0.242. The molecule has 2 aromatic heterocycles. The number of aromatic nitrogens is 2. The van der Waals surface area contributed by atoms with Gasteiger partial charge in [0.05, 0.1) is 11.3 Å². The van der Waals surface area contributed by atoms with Crippen LogP contribution in [0.25, 0.3) is 10.2 Å². The summed E-state index contributed by atoms with van der Waals surface area (Å²) >= 11 is 1.56. The fourth-order valence-corrected chi connectivity index (χ4v) is 4.93. The molecule has 0 aromatic carbocycles. The quantitative estimate of drug-likeness (QED) is 0.887. The highest BCUT2D eigenvalue weighted by atomic mass is 32.1. The molecule has 1 amide bonds. The molecule has 8 heteroatoms. The van der Waals surface area contributed by atoms with Crippen LogP contribution >= 0.6 is 11.3 Å². The minimum Gasteiger partial charge on any atom is -0.481 e. The van der Waals surface area contributed by atoms with Gasteiger partial charge in [0.25, 0.3) is 0 Å². The average molecular weight is 374 g/mol. The van der Waals surface area contributed by atoms with Gasteiger partial charge in [0.1, 0.15) is 23.0 Å². The Morgan fingerprint density at radius 2 is 2.15 bits per heavy atom. The molecule has 1 N–H and O–H groups in total. The lowest BCUT2D eigenvalue weighted by molar-refractivity contribution is -0.147. The van der Waals surface area contributed by atoms with Crippen LogP contribution in [-0.2, 0) is 9.59 Å². The van der Waals surface area contributed by atoms with Gasteiger partial charge in [-0.1, -0.05) is 6.92 Å². The third kappa shape index (κ3) is 3.02. The van der Waals surface area contributed by atoms with Gasteiger partial charge in [0.2, 0.25) is 5.91 Å². The van der Waals surface area contributed by atoms with E-state index in [9.17, 15) is 14.7 Å². The zero-order valence-electron chi connectivity index (χ0n) is 14.7. The van der Waals surface area contributed by atoms with Gasteiger partial charge in [0.15, 0.2) is 0 Å². The van der Waals surface area contributed by atoms with E-state index in [2.05, 4.69) is 14.9 Å². The molecule has 4 heterocycles. The summed E-state index contributed by atoms with van der Waals surface area (Å²) in [5, 5.41) is 12.3. The fraction of sp³-hybridized carbons (Fsp3) is 0.556. The molecule has 2 aliphatic rings. The molecule has 0 radical (unpaired) electrons. The number of piperidine rings is 1. The van der Waals surface area contributed by atoms with Crippen molar-refractivity contribution in [2.75, 3.05) is 24.5 Å². The van der Waals surface area contributed by atoms with Gasteiger partial charge in [0, 0.05) is 19.6 Å². The number of carbonyl (C=O) groups excluding carboxylic acids is 1. The van der Waals surface area contributed by atoms with E-state index in [0.717, 1.165) is 35.4 Å². The molecular weight excluding hydrogens is 352 g/mol. The average Bonchev–Trinajstić information content (AvgIpc) is 3.29. The lowest BCUT2D eigenvalue weighted by Crippen LogP contribution is -2.52. The molecule has 2 saturated heterocycles. The number of fused-ring (bicyclic) bond motifs is 1. The molecule has 3 unspecified atom stereocenters. The van der Waals surface area contributed by atoms with E-state index in [4.69, 9.17) is 0 Å². The Labute approximate surface area is 155 Å². The number of carboxylic acids is 1. The van der Waals surface area contributed by atoms with Gasteiger partial charge in [-0.2, -0.15) is 0 Å². The van der Waals surface area contributed by atoms with Crippen LogP contribution in [0.5, 0.6) is 0 Å². The summed E-state index contributed by atoms with van der Waals surface area (Å²) in [6.07, 6.45) is 3.89. The van der Waals surface area contributed by atoms with Crippen molar-refractivity contribution in [2.45, 2.75) is 32.2 Å². The molecule has 26 heavy (non-hydrogen) atoms. The Kier molecular flexibility index (Phi) is 4.52. The predicted octanol–water partition coefficient (Wildman–Crippen LogP) is 2.23. The van der Waals surface area contributed by atoms with Crippen LogP contribution in [0.4, 0.5) is 5.82 Å². The highest BCUT2D eigenvalue weighted by molar-refractivity contribution is 7.16. The smallest absolute Gasteiger partial charge is 0.308 e. The first kappa shape index (κ1) is 17.2. The van der Waals surface area contributed by atoms with Crippen LogP contribution in [0.1, 0.15) is 26.2 Å². The third-order valence-electron chi connectivity index (χ3n) is 5.37. The van der Waals surface area contributed by atoms with E-state index in [0.29, 0.717) is 19.5 Å². The SMILES string of the molecule is CC1CC(C(=O)O)CN(C(=O)C2CCCN2c2ncnc3sccc23)C1. The second-order valence-electron chi connectivity index (χ2n) is 7.31. The highest BCUT2D eigenvalue weighted by Crippen LogP contribution is 2.33. The number of rotatable bonds is 3. The van der Waals surface area contributed by atoms with Crippen molar-refractivity contribution in [3.8, 4) is 0 Å². The van der Waals surface area contributed by atoms with E-state index >= 15 is 0 Å². The van der Waals surface area contributed by atoms with Gasteiger partial charge in [-0.05, 0) is 36.6 Å². The summed E-state index contributed by atoms with van der Waals surface area (Å²) in [6.45, 7) is 3.73. The molecule has 3 atom stereocenters. The van der Waals surface area contributed by atoms with Crippen molar-refractivity contribution in [3.05, 3.63) is 17.8 Å². The number of carboxylic acid groups (broad SMARTS) is 1. The number of hydrogen-bond donors (Lipinski definition) is 1. The maximum Gasteiger partial charge on any atom is 0.308 e. The van der Waals surface area contributed by atoms with Gasteiger partial charge < -0.3 is 14.9 Å².